The van der Waals surface area contributed by atoms with Gasteiger partial charge in [-0.2, -0.15) is 8.42 Å². The molecular weight excluding hydrogens is 404 g/mol. The van der Waals surface area contributed by atoms with E-state index in [0.29, 0.717) is 6.61 Å². The van der Waals surface area contributed by atoms with Crippen LogP contribution in [0.4, 0.5) is 0 Å². The summed E-state index contributed by atoms with van der Waals surface area (Å²) in [5, 5.41) is 0. The molecule has 0 aliphatic heterocycles. The van der Waals surface area contributed by atoms with E-state index in [0.717, 1.165) is 19.3 Å². The van der Waals surface area contributed by atoms with Gasteiger partial charge in [-0.15, -0.1) is 0 Å². The highest BCUT2D eigenvalue weighted by Crippen LogP contribution is 2.14. The zero-order chi connectivity index (χ0) is 22.2. The van der Waals surface area contributed by atoms with Gasteiger partial charge in [0.2, 0.25) is 0 Å². The monoisotopic (exact) mass is 452 g/mol. The Morgan fingerprint density at radius 1 is 0.533 bits per heavy atom. The van der Waals surface area contributed by atoms with Crippen LogP contribution in [0, 0.1) is 0 Å². The normalized spacial score (nSPS) is 11.9. The highest BCUT2D eigenvalue weighted by atomic mass is 32.3. The molecule has 0 spiro atoms. The molecule has 0 N–H and O–H groups in total. The quantitative estimate of drug-likeness (QED) is 0.0853. The molecule has 0 saturated carbocycles. The van der Waals surface area contributed by atoms with E-state index in [9.17, 15) is 8.42 Å². The Morgan fingerprint density at radius 3 is 1.40 bits per heavy atom. The molecule has 0 amide bonds. The van der Waals surface area contributed by atoms with Gasteiger partial charge in [-0.1, -0.05) is 114 Å². The van der Waals surface area contributed by atoms with E-state index in [4.69, 9.17) is 9.62 Å². The Morgan fingerprint density at radius 2 is 0.967 bits per heavy atom. The summed E-state index contributed by atoms with van der Waals surface area (Å²) >= 11 is 0. The summed E-state index contributed by atoms with van der Waals surface area (Å²) in [4.78, 5) is 4.73. The van der Waals surface area contributed by atoms with E-state index < -0.39 is 10.4 Å². The zero-order valence-corrected chi connectivity index (χ0v) is 20.5. The van der Waals surface area contributed by atoms with Gasteiger partial charge in [0.25, 0.3) is 0 Å². The maximum absolute atomic E-state index is 11.4. The predicted molar refractivity (Wildman–Crippen MR) is 123 cm³/mol. The minimum absolute atomic E-state index is 0.0708. The van der Waals surface area contributed by atoms with E-state index in [-0.39, 0.29) is 19.8 Å². The fourth-order valence-corrected chi connectivity index (χ4v) is 3.84. The Labute approximate surface area is 186 Å². The van der Waals surface area contributed by atoms with Crippen molar-refractivity contribution in [1.29, 1.82) is 0 Å². The molecule has 0 aromatic heterocycles. The molecular formula is C23H48O6S. The maximum atomic E-state index is 11.4. The van der Waals surface area contributed by atoms with E-state index in [1.807, 2.05) is 6.92 Å². The summed E-state index contributed by atoms with van der Waals surface area (Å²) in [5.41, 5.74) is 0. The number of hydrogen-bond acceptors (Lipinski definition) is 6. The van der Waals surface area contributed by atoms with Crippen molar-refractivity contribution < 1.29 is 26.6 Å². The van der Waals surface area contributed by atoms with Gasteiger partial charge in [0.15, 0.2) is 0 Å². The van der Waals surface area contributed by atoms with Crippen molar-refractivity contribution >= 4 is 10.4 Å². The van der Waals surface area contributed by atoms with Gasteiger partial charge in [-0.05, 0) is 13.3 Å². The SMILES string of the molecule is CCCCCCCCCCCCCCCCCCCOOS(=O)(=O)OCCOCC. The van der Waals surface area contributed by atoms with Crippen LogP contribution in [0.25, 0.3) is 0 Å². The Bertz CT molecular complexity index is 427. The average molecular weight is 453 g/mol. The second-order valence-electron chi connectivity index (χ2n) is 7.97. The smallest absolute Gasteiger partial charge is 0.379 e. The van der Waals surface area contributed by atoms with Crippen LogP contribution in [-0.2, 0) is 28.5 Å². The standard InChI is InChI=1S/C23H48O6S/c1-3-5-6-7-8-9-10-11-12-13-14-15-16-17-18-19-20-21-27-29-30(24,25)28-23-22-26-4-2/h3-23H2,1-2H3. The molecule has 182 valence electrons. The second-order valence-corrected chi connectivity index (χ2v) is 9.16. The third-order valence-electron chi connectivity index (χ3n) is 5.12. The van der Waals surface area contributed by atoms with Gasteiger partial charge in [0.05, 0.1) is 19.8 Å². The molecule has 0 atom stereocenters. The number of rotatable bonds is 25. The lowest BCUT2D eigenvalue weighted by molar-refractivity contribution is -0.210. The van der Waals surface area contributed by atoms with Crippen LogP contribution in [0.3, 0.4) is 0 Å². The first kappa shape index (κ1) is 29.8. The Hall–Kier alpha value is -0.210. The number of ether oxygens (including phenoxy) is 1. The van der Waals surface area contributed by atoms with E-state index in [1.165, 1.54) is 89.9 Å². The van der Waals surface area contributed by atoms with Crippen molar-refractivity contribution in [2.45, 2.75) is 123 Å². The van der Waals surface area contributed by atoms with Crippen molar-refractivity contribution in [3.05, 3.63) is 0 Å². The Balaban J connectivity index is 3.19. The highest BCUT2D eigenvalue weighted by Gasteiger charge is 2.12. The third kappa shape index (κ3) is 24.1. The molecule has 0 aliphatic carbocycles. The molecule has 0 aliphatic rings. The summed E-state index contributed by atoms with van der Waals surface area (Å²) < 4.78 is 36.6. The lowest BCUT2D eigenvalue weighted by Crippen LogP contribution is -2.14. The lowest BCUT2D eigenvalue weighted by Gasteiger charge is -2.06. The van der Waals surface area contributed by atoms with Gasteiger partial charge >= 0.3 is 10.4 Å². The van der Waals surface area contributed by atoms with E-state index >= 15 is 0 Å². The number of hydrogen-bond donors (Lipinski definition) is 0. The summed E-state index contributed by atoms with van der Waals surface area (Å²) in [6.07, 6.45) is 22.2. The molecule has 0 fully saturated rings. The lowest BCUT2D eigenvalue weighted by atomic mass is 10.0. The molecule has 6 nitrogen and oxygen atoms in total. The molecule has 0 aromatic rings. The van der Waals surface area contributed by atoms with Crippen LogP contribution in [-0.4, -0.2) is 34.8 Å². The summed E-state index contributed by atoms with van der Waals surface area (Å²) in [5.74, 6) is 0. The molecule has 0 unspecified atom stereocenters. The Kier molecular flexibility index (Phi) is 23.3. The van der Waals surface area contributed by atoms with Crippen LogP contribution in [0.1, 0.15) is 123 Å². The van der Waals surface area contributed by atoms with Crippen molar-refractivity contribution in [3.63, 3.8) is 0 Å². The first-order valence-electron chi connectivity index (χ1n) is 12.4. The first-order chi connectivity index (χ1) is 14.6. The van der Waals surface area contributed by atoms with Crippen LogP contribution >= 0.6 is 0 Å². The minimum Gasteiger partial charge on any atom is -0.379 e. The fourth-order valence-electron chi connectivity index (χ4n) is 3.34. The second kappa shape index (κ2) is 23.5. The van der Waals surface area contributed by atoms with Gasteiger partial charge in [0, 0.05) is 6.61 Å². The van der Waals surface area contributed by atoms with Crippen LogP contribution in [0.5, 0.6) is 0 Å². The maximum Gasteiger partial charge on any atom is 0.426 e. The summed E-state index contributed by atoms with van der Waals surface area (Å²) in [6, 6.07) is 0. The van der Waals surface area contributed by atoms with Crippen LogP contribution in [0.15, 0.2) is 0 Å². The molecule has 0 bridgehead atoms. The van der Waals surface area contributed by atoms with Gasteiger partial charge in [0.1, 0.15) is 0 Å². The molecule has 0 rings (SSSR count). The van der Waals surface area contributed by atoms with Crippen LogP contribution < -0.4 is 0 Å². The number of unbranched alkanes of at least 4 members (excludes halogenated alkanes) is 16. The summed E-state index contributed by atoms with van der Waals surface area (Å²) in [6.45, 7) is 5.00. The van der Waals surface area contributed by atoms with Crippen molar-refractivity contribution in [2.24, 2.45) is 0 Å². The first-order valence-corrected chi connectivity index (χ1v) is 13.7. The van der Waals surface area contributed by atoms with E-state index in [1.54, 1.807) is 0 Å². The topological polar surface area (TPSA) is 71.1 Å². The van der Waals surface area contributed by atoms with Crippen LogP contribution in [0.2, 0.25) is 0 Å². The van der Waals surface area contributed by atoms with Gasteiger partial charge in [-0.3, -0.25) is 0 Å². The summed E-state index contributed by atoms with van der Waals surface area (Å²) in [7, 11) is -4.09. The third-order valence-corrected chi connectivity index (χ3v) is 5.84. The largest absolute Gasteiger partial charge is 0.426 e. The van der Waals surface area contributed by atoms with Crippen molar-refractivity contribution in [3.8, 4) is 0 Å². The van der Waals surface area contributed by atoms with E-state index in [2.05, 4.69) is 15.4 Å². The van der Waals surface area contributed by atoms with Crippen molar-refractivity contribution in [1.82, 2.24) is 0 Å². The molecule has 0 aromatic carbocycles. The average Bonchev–Trinajstić information content (AvgIpc) is 2.73. The molecule has 0 radical (unpaired) electrons. The molecule has 0 saturated heterocycles. The zero-order valence-electron chi connectivity index (χ0n) is 19.7. The van der Waals surface area contributed by atoms with Gasteiger partial charge in [-0.25, -0.2) is 9.07 Å². The van der Waals surface area contributed by atoms with Gasteiger partial charge < -0.3 is 4.74 Å². The van der Waals surface area contributed by atoms with Crippen molar-refractivity contribution in [2.75, 3.05) is 26.4 Å². The predicted octanol–water partition coefficient (Wildman–Crippen LogP) is 6.88. The molecule has 7 heteroatoms. The molecule has 30 heavy (non-hydrogen) atoms. The molecule has 0 heterocycles. The highest BCUT2D eigenvalue weighted by molar-refractivity contribution is 7.81. The fraction of sp³-hybridized carbons (Fsp3) is 1.00. The minimum atomic E-state index is -4.09.